The second-order valence-corrected chi connectivity index (χ2v) is 12.2. The van der Waals surface area contributed by atoms with Crippen LogP contribution in [0.5, 0.6) is 0 Å². The molecule has 0 heterocycles. The van der Waals surface area contributed by atoms with Gasteiger partial charge in [-0.3, -0.25) is 4.79 Å². The van der Waals surface area contributed by atoms with Crippen molar-refractivity contribution in [2.24, 2.45) is 34.5 Å². The number of hydrogen-bond acceptors (Lipinski definition) is 5. The molecular formula is C25H36O3S2. The summed E-state index contributed by atoms with van der Waals surface area (Å²) in [6.45, 7) is 6.56. The number of thiocarbonyl (C=S) groups is 1. The maximum atomic E-state index is 11.5. The van der Waals surface area contributed by atoms with Crippen molar-refractivity contribution < 1.29 is 14.3 Å². The Morgan fingerprint density at radius 1 is 1.07 bits per heavy atom. The van der Waals surface area contributed by atoms with E-state index in [4.69, 9.17) is 28.1 Å². The van der Waals surface area contributed by atoms with Crippen molar-refractivity contribution >= 4 is 34.3 Å². The number of esters is 1. The molecule has 0 aliphatic heterocycles. The van der Waals surface area contributed by atoms with Gasteiger partial charge >= 0.3 is 5.97 Å². The second kappa shape index (κ2) is 8.66. The normalized spacial score (nSPS) is 44.7. The highest BCUT2D eigenvalue weighted by atomic mass is 32.2. The van der Waals surface area contributed by atoms with Gasteiger partial charge in [-0.2, -0.15) is 0 Å². The Kier molecular flexibility index (Phi) is 6.48. The van der Waals surface area contributed by atoms with E-state index in [1.807, 2.05) is 0 Å². The van der Waals surface area contributed by atoms with Crippen molar-refractivity contribution in [2.45, 2.75) is 90.8 Å². The summed E-state index contributed by atoms with van der Waals surface area (Å²) in [5.74, 6) is 6.14. The zero-order valence-electron chi connectivity index (χ0n) is 18.7. The Morgan fingerprint density at radius 3 is 2.53 bits per heavy atom. The lowest BCUT2D eigenvalue weighted by atomic mass is 9.45. The molecule has 0 N–H and O–H groups in total. The molecule has 4 aliphatic carbocycles. The third kappa shape index (κ3) is 3.92. The summed E-state index contributed by atoms with van der Waals surface area (Å²) >= 11 is 6.94. The molecule has 0 spiro atoms. The molecule has 5 heteroatoms. The van der Waals surface area contributed by atoms with Gasteiger partial charge in [-0.1, -0.05) is 31.5 Å². The lowest BCUT2D eigenvalue weighted by Crippen LogP contribution is -2.54. The molecule has 0 aromatic heterocycles. The summed E-state index contributed by atoms with van der Waals surface area (Å²) in [6, 6.07) is 0. The van der Waals surface area contributed by atoms with Gasteiger partial charge in [-0.05, 0) is 99.1 Å². The highest BCUT2D eigenvalue weighted by Crippen LogP contribution is 2.66. The van der Waals surface area contributed by atoms with E-state index < -0.39 is 0 Å². The largest absolute Gasteiger partial charge is 0.475 e. The number of rotatable bonds is 3. The number of fused-ring (bicyclic) bond motifs is 5. The summed E-state index contributed by atoms with van der Waals surface area (Å²) in [4.78, 5) is 11.5. The Morgan fingerprint density at radius 2 is 1.80 bits per heavy atom. The van der Waals surface area contributed by atoms with E-state index in [0.29, 0.717) is 21.5 Å². The van der Waals surface area contributed by atoms with Crippen LogP contribution < -0.4 is 0 Å². The molecule has 4 saturated carbocycles. The topological polar surface area (TPSA) is 35.5 Å². The molecule has 0 radical (unpaired) electrons. The molecule has 0 bridgehead atoms. The zero-order valence-corrected chi connectivity index (χ0v) is 20.3. The van der Waals surface area contributed by atoms with Crippen LogP contribution in [0.4, 0.5) is 0 Å². The fourth-order valence-electron chi connectivity index (χ4n) is 7.96. The number of carbonyl (C=O) groups excluding carboxylic acids is 1. The molecule has 30 heavy (non-hydrogen) atoms. The van der Waals surface area contributed by atoms with Crippen LogP contribution in [0, 0.1) is 46.8 Å². The first-order valence-electron chi connectivity index (χ1n) is 11.7. The van der Waals surface area contributed by atoms with Gasteiger partial charge in [-0.25, -0.2) is 0 Å². The van der Waals surface area contributed by atoms with Crippen LogP contribution in [0.1, 0.15) is 78.6 Å². The van der Waals surface area contributed by atoms with Gasteiger partial charge in [0.2, 0.25) is 4.38 Å². The van der Waals surface area contributed by atoms with Crippen molar-refractivity contribution in [3.63, 3.8) is 0 Å². The molecule has 0 aromatic rings. The molecule has 4 fully saturated rings. The molecular weight excluding hydrogens is 412 g/mol. The summed E-state index contributed by atoms with van der Waals surface area (Å²) in [5.41, 5.74) is 0.637. The predicted octanol–water partition coefficient (Wildman–Crippen LogP) is 6.00. The molecule has 4 rings (SSSR count). The minimum atomic E-state index is -0.124. The minimum absolute atomic E-state index is 0.124. The van der Waals surface area contributed by atoms with Gasteiger partial charge in [0.15, 0.2) is 0 Å². The molecule has 8 atom stereocenters. The predicted molar refractivity (Wildman–Crippen MR) is 126 cm³/mol. The van der Waals surface area contributed by atoms with E-state index >= 15 is 0 Å². The van der Waals surface area contributed by atoms with Gasteiger partial charge in [0.05, 0.1) is 5.75 Å². The van der Waals surface area contributed by atoms with Crippen LogP contribution in [-0.4, -0.2) is 28.3 Å². The standard InChI is InChI=1S/C25H36O3S2/c1-5-14-30-23(29)28-22-9-8-20-19-7-6-17-15-18(27-16(2)26)10-12-24(17,3)21(19)11-13-25(20,22)4/h1,17-22H,6-15H2,2-4H3/t17-,18-,19?,20-,21-,22-,24-,25-/m0/s1. The van der Waals surface area contributed by atoms with Crippen LogP contribution in [0.15, 0.2) is 0 Å². The van der Waals surface area contributed by atoms with Crippen molar-refractivity contribution in [3.8, 4) is 12.3 Å². The average molecular weight is 449 g/mol. The smallest absolute Gasteiger partial charge is 0.302 e. The fraction of sp³-hybridized carbons (Fsp3) is 0.840. The molecule has 1 unspecified atom stereocenters. The SMILES string of the molecule is C#CCSC(=S)O[C@H]1CC[C@H]2C3CC[C@H]4C[C@@H](OC(C)=O)CC[C@]4(C)[C@H]3CC[C@]12C. The summed E-state index contributed by atoms with van der Waals surface area (Å²) in [5, 5.41) is 0. The third-order valence-corrected chi connectivity index (χ3v) is 10.5. The zero-order chi connectivity index (χ0) is 21.5. The third-order valence-electron chi connectivity index (χ3n) is 9.38. The average Bonchev–Trinajstić information content (AvgIpc) is 3.02. The highest BCUT2D eigenvalue weighted by Gasteiger charge is 2.61. The fourth-order valence-corrected chi connectivity index (χ4v) is 8.64. The number of thioether (sulfide) groups is 1. The van der Waals surface area contributed by atoms with E-state index in [9.17, 15) is 4.79 Å². The van der Waals surface area contributed by atoms with Crippen LogP contribution >= 0.6 is 24.0 Å². The van der Waals surface area contributed by atoms with Crippen molar-refractivity contribution in [1.82, 2.24) is 0 Å². The maximum absolute atomic E-state index is 11.5. The Bertz CT molecular complexity index is 730. The van der Waals surface area contributed by atoms with Crippen molar-refractivity contribution in [3.05, 3.63) is 0 Å². The first kappa shape index (κ1) is 22.5. The Hall–Kier alpha value is -0.730. The van der Waals surface area contributed by atoms with Gasteiger partial charge in [-0.15, -0.1) is 6.42 Å². The number of hydrogen-bond donors (Lipinski definition) is 0. The monoisotopic (exact) mass is 448 g/mol. The van der Waals surface area contributed by atoms with E-state index in [1.165, 1.54) is 50.3 Å². The lowest BCUT2D eigenvalue weighted by molar-refractivity contribution is -0.161. The molecule has 4 aliphatic rings. The molecule has 0 amide bonds. The quantitative estimate of drug-likeness (QED) is 0.301. The highest BCUT2D eigenvalue weighted by molar-refractivity contribution is 8.22. The molecule has 0 aromatic carbocycles. The number of terminal acetylenes is 1. The summed E-state index contributed by atoms with van der Waals surface area (Å²) in [7, 11) is 0. The first-order valence-corrected chi connectivity index (χ1v) is 13.1. The number of carbonyl (C=O) groups is 1. The molecule has 166 valence electrons. The van der Waals surface area contributed by atoms with E-state index in [2.05, 4.69) is 19.8 Å². The van der Waals surface area contributed by atoms with Crippen molar-refractivity contribution in [1.29, 1.82) is 0 Å². The molecule has 3 nitrogen and oxygen atoms in total. The van der Waals surface area contributed by atoms with Gasteiger partial charge < -0.3 is 9.47 Å². The van der Waals surface area contributed by atoms with Crippen LogP contribution in [0.2, 0.25) is 0 Å². The Labute approximate surface area is 191 Å². The van der Waals surface area contributed by atoms with E-state index in [1.54, 1.807) is 6.92 Å². The molecule has 0 saturated heterocycles. The van der Waals surface area contributed by atoms with Gasteiger partial charge in [0.25, 0.3) is 0 Å². The van der Waals surface area contributed by atoms with Crippen LogP contribution in [0.3, 0.4) is 0 Å². The van der Waals surface area contributed by atoms with Gasteiger partial charge in [0.1, 0.15) is 12.2 Å². The summed E-state index contributed by atoms with van der Waals surface area (Å²) < 4.78 is 12.5. The summed E-state index contributed by atoms with van der Waals surface area (Å²) in [6.07, 6.45) is 16.6. The Balaban J connectivity index is 1.45. The lowest BCUT2D eigenvalue weighted by Gasteiger charge is -2.60. The minimum Gasteiger partial charge on any atom is -0.475 e. The maximum Gasteiger partial charge on any atom is 0.302 e. The van der Waals surface area contributed by atoms with E-state index in [0.717, 1.165) is 37.0 Å². The van der Waals surface area contributed by atoms with Gasteiger partial charge in [0, 0.05) is 12.3 Å². The van der Waals surface area contributed by atoms with Crippen LogP contribution in [0.25, 0.3) is 0 Å². The van der Waals surface area contributed by atoms with Crippen LogP contribution in [-0.2, 0) is 14.3 Å². The number of ether oxygens (including phenoxy) is 2. The van der Waals surface area contributed by atoms with E-state index in [-0.39, 0.29) is 23.6 Å². The second-order valence-electron chi connectivity index (χ2n) is 10.6. The van der Waals surface area contributed by atoms with Crippen molar-refractivity contribution in [2.75, 3.05) is 5.75 Å². The first-order chi connectivity index (χ1) is 14.3.